The third-order valence-corrected chi connectivity index (χ3v) is 14.6. The second-order valence-electron chi connectivity index (χ2n) is 21.5. The minimum absolute atomic E-state index is 0.0454. The van der Waals surface area contributed by atoms with Crippen molar-refractivity contribution in [2.45, 2.75) is 197 Å². The maximum atomic E-state index is 14.6. The van der Waals surface area contributed by atoms with Crippen molar-refractivity contribution in [1.82, 2.24) is 52.8 Å². The van der Waals surface area contributed by atoms with Crippen LogP contribution in [0.4, 0.5) is 0 Å². The molecule has 2 fully saturated rings. The predicted octanol–water partition coefficient (Wildman–Crippen LogP) is -0.758. The van der Waals surface area contributed by atoms with E-state index in [4.69, 9.17) is 22.9 Å². The molecule has 0 bridgehead atoms. The zero-order chi connectivity index (χ0) is 57.9. The Hall–Kier alpha value is -6.21. The highest BCUT2D eigenvalue weighted by atomic mass is 16.3. The van der Waals surface area contributed by atoms with Gasteiger partial charge >= 0.3 is 0 Å². The van der Waals surface area contributed by atoms with Crippen LogP contribution >= 0.6 is 0 Å². The van der Waals surface area contributed by atoms with E-state index >= 15 is 0 Å². The van der Waals surface area contributed by atoms with E-state index in [1.807, 2.05) is 38.1 Å². The number of carbonyl (C=O) groups excluding carboxylic acids is 9. The van der Waals surface area contributed by atoms with Crippen molar-refractivity contribution in [3.63, 3.8) is 0 Å². The maximum Gasteiger partial charge on any atom is 0.243 e. The molecule has 442 valence electrons. The highest BCUT2D eigenvalue weighted by molar-refractivity contribution is 5.98. The summed E-state index contributed by atoms with van der Waals surface area (Å²) in [6.07, 6.45) is 8.77. The van der Waals surface area contributed by atoms with Crippen LogP contribution in [0.25, 0.3) is 10.9 Å². The first-order valence-electron chi connectivity index (χ1n) is 28.7. The van der Waals surface area contributed by atoms with E-state index in [9.17, 15) is 48.3 Å². The number of rotatable bonds is 24. The van der Waals surface area contributed by atoms with Gasteiger partial charge in [-0.2, -0.15) is 0 Å². The zero-order valence-electron chi connectivity index (χ0n) is 46.6. The van der Waals surface area contributed by atoms with Crippen LogP contribution in [0.5, 0.6) is 0 Å². The Labute approximate surface area is 464 Å². The number of aliphatic hydroxyl groups excluding tert-OH is 1. The second-order valence-corrected chi connectivity index (χ2v) is 21.5. The fraction of sp³-hybridized carbons (Fsp3) is 0.691. The zero-order valence-corrected chi connectivity index (χ0v) is 46.6. The van der Waals surface area contributed by atoms with Gasteiger partial charge in [0.1, 0.15) is 48.3 Å². The van der Waals surface area contributed by atoms with Crippen molar-refractivity contribution < 1.29 is 48.3 Å². The molecular formula is C55H92N14O10. The van der Waals surface area contributed by atoms with Gasteiger partial charge in [-0.05, 0) is 107 Å². The SMILES string of the molecule is CCCCCCC[C@@H](O)CC(=O)N[C@H](CCN)C(=O)N[C@H]1CCNC(=O)[C@H](Cc2c[nH]c3ccccc23)NC(=O)[C@H](CCN)NC(=O)[C@H](CCN)NC(=O)[C@H](CC(C)C)NC(=O)C(C2CCCCC2)NC(=O)[C@H](CCN)NC1=O. The number of hydrogen-bond donors (Lipinski definition) is 15. The molecule has 79 heavy (non-hydrogen) atoms. The van der Waals surface area contributed by atoms with Gasteiger partial charge in [0.25, 0.3) is 0 Å². The van der Waals surface area contributed by atoms with E-state index in [1.54, 1.807) is 6.20 Å². The summed E-state index contributed by atoms with van der Waals surface area (Å²) in [7, 11) is 0. The van der Waals surface area contributed by atoms with Gasteiger partial charge in [0.2, 0.25) is 53.2 Å². The standard InChI is InChI=1S/C55H92N14O10/c1-4-5-6-7-11-16-36(70)31-46(71)62-39(19-24-56)49(73)66-43-23-28-60-48(72)45(30-35-32-61-38-18-13-12-17-37(35)38)67-51(75)41(21-26-58)63-50(74)40(20-25-57)65-54(78)44(29-33(2)3)68-55(79)47(34-14-9-8-10-15-34)69-53(77)42(22-27-59)64-52(43)76/h12-13,17-18,32-34,36,39-45,47,61,70H,4-11,14-16,19-31,56-59H2,1-3H3,(H,60,72)(H,62,71)(H,63,74)(H,64,76)(H,65,78)(H,66,73)(H,67,75)(H,68,79)(H,69,77)/t36-,39-,40+,41+,42+,43+,44+,45+,47?/m1/s1. The minimum atomic E-state index is -1.48. The third kappa shape index (κ3) is 21.8. The predicted molar refractivity (Wildman–Crippen MR) is 300 cm³/mol. The summed E-state index contributed by atoms with van der Waals surface area (Å²) in [5.74, 6) is -7.14. The summed E-state index contributed by atoms with van der Waals surface area (Å²) < 4.78 is 0. The van der Waals surface area contributed by atoms with Crippen LogP contribution in [0.2, 0.25) is 0 Å². The van der Waals surface area contributed by atoms with Crippen LogP contribution in [-0.2, 0) is 49.6 Å². The third-order valence-electron chi connectivity index (χ3n) is 14.6. The van der Waals surface area contributed by atoms with Gasteiger partial charge in [-0.3, -0.25) is 43.2 Å². The molecule has 1 saturated carbocycles. The average Bonchev–Trinajstić information content (AvgIpc) is 3.82. The Kier molecular flexibility index (Phi) is 28.7. The van der Waals surface area contributed by atoms with Gasteiger partial charge in [0.05, 0.1) is 12.5 Å². The Morgan fingerprint density at radius 1 is 0.646 bits per heavy atom. The number of carbonyl (C=O) groups is 9. The Morgan fingerprint density at radius 3 is 1.82 bits per heavy atom. The van der Waals surface area contributed by atoms with E-state index in [0.29, 0.717) is 24.8 Å². The number of H-pyrrole nitrogens is 1. The summed E-state index contributed by atoms with van der Waals surface area (Å²) in [6.45, 7) is 5.27. The lowest BCUT2D eigenvalue weighted by Crippen LogP contribution is -2.61. The number of benzene rings is 1. The van der Waals surface area contributed by atoms with Crippen molar-refractivity contribution in [2.24, 2.45) is 34.8 Å². The molecule has 1 aromatic carbocycles. The second kappa shape index (κ2) is 34.7. The van der Waals surface area contributed by atoms with Gasteiger partial charge in [0, 0.05) is 30.1 Å². The number of para-hydroxylation sites is 1. The van der Waals surface area contributed by atoms with E-state index in [1.165, 1.54) is 0 Å². The molecule has 1 unspecified atom stereocenters. The molecule has 1 saturated heterocycles. The van der Waals surface area contributed by atoms with Crippen molar-refractivity contribution in [1.29, 1.82) is 0 Å². The molecule has 2 aliphatic rings. The molecule has 1 aromatic heterocycles. The quantitative estimate of drug-likeness (QED) is 0.0575. The molecule has 9 amide bonds. The molecule has 1 aliphatic heterocycles. The summed E-state index contributed by atoms with van der Waals surface area (Å²) in [5.41, 5.74) is 25.3. The average molecular weight is 1110 g/mol. The fourth-order valence-electron chi connectivity index (χ4n) is 10.2. The summed E-state index contributed by atoms with van der Waals surface area (Å²) >= 11 is 0. The summed E-state index contributed by atoms with van der Waals surface area (Å²) in [5, 5.41) is 36.1. The highest BCUT2D eigenvalue weighted by Gasteiger charge is 2.38. The highest BCUT2D eigenvalue weighted by Crippen LogP contribution is 2.27. The normalized spacial score (nSPS) is 23.8. The van der Waals surface area contributed by atoms with Crippen LogP contribution in [0.15, 0.2) is 30.5 Å². The Balaban J connectivity index is 1.76. The van der Waals surface area contributed by atoms with E-state index in [0.717, 1.165) is 62.3 Å². The number of unbranched alkanes of at least 4 members (excludes halogenated alkanes) is 4. The first-order chi connectivity index (χ1) is 37.9. The topological polar surface area (TPSA) is 402 Å². The first kappa shape index (κ1) is 65.3. The molecular weight excluding hydrogens is 1020 g/mol. The van der Waals surface area contributed by atoms with Crippen LogP contribution in [-0.4, -0.2) is 150 Å². The van der Waals surface area contributed by atoms with Crippen LogP contribution < -0.4 is 70.8 Å². The van der Waals surface area contributed by atoms with E-state index in [-0.39, 0.29) is 95.9 Å². The number of aliphatic hydroxyl groups is 1. The molecule has 0 radical (unpaired) electrons. The fourth-order valence-corrected chi connectivity index (χ4v) is 10.2. The van der Waals surface area contributed by atoms with Crippen LogP contribution in [0, 0.1) is 11.8 Å². The maximum absolute atomic E-state index is 14.6. The smallest absolute Gasteiger partial charge is 0.243 e. The summed E-state index contributed by atoms with van der Waals surface area (Å²) in [6, 6.07) is -2.96. The van der Waals surface area contributed by atoms with Gasteiger partial charge in [0.15, 0.2) is 0 Å². The Bertz CT molecular complexity index is 2290. The number of hydrogen-bond acceptors (Lipinski definition) is 14. The van der Waals surface area contributed by atoms with E-state index < -0.39 is 108 Å². The van der Waals surface area contributed by atoms with E-state index in [2.05, 4.69) is 59.8 Å². The molecule has 2 heterocycles. The van der Waals surface area contributed by atoms with Gasteiger partial charge < -0.3 is 80.9 Å². The molecule has 2 aromatic rings. The van der Waals surface area contributed by atoms with Crippen molar-refractivity contribution in [3.05, 3.63) is 36.0 Å². The molecule has 9 atom stereocenters. The number of nitrogens with two attached hydrogens (primary N) is 4. The minimum Gasteiger partial charge on any atom is -0.393 e. The van der Waals surface area contributed by atoms with Crippen molar-refractivity contribution in [3.8, 4) is 0 Å². The lowest BCUT2D eigenvalue weighted by molar-refractivity contribution is -0.137. The van der Waals surface area contributed by atoms with Gasteiger partial charge in [-0.15, -0.1) is 0 Å². The molecule has 1 aliphatic carbocycles. The lowest BCUT2D eigenvalue weighted by Gasteiger charge is -2.33. The molecule has 4 rings (SSSR count). The molecule has 24 heteroatoms. The number of aromatic nitrogens is 1. The van der Waals surface area contributed by atoms with Gasteiger partial charge in [-0.1, -0.05) is 90.3 Å². The molecule has 0 spiro atoms. The molecule has 19 N–H and O–H groups in total. The Morgan fingerprint density at radius 2 is 1.22 bits per heavy atom. The van der Waals surface area contributed by atoms with Crippen molar-refractivity contribution >= 4 is 64.1 Å². The number of nitrogens with one attached hydrogen (secondary N) is 10. The monoisotopic (exact) mass is 1110 g/mol. The molecule has 24 nitrogen and oxygen atoms in total. The number of fused-ring (bicyclic) bond motifs is 1. The largest absolute Gasteiger partial charge is 0.393 e. The van der Waals surface area contributed by atoms with Crippen LogP contribution in [0.3, 0.4) is 0 Å². The van der Waals surface area contributed by atoms with Crippen molar-refractivity contribution in [2.75, 3.05) is 32.7 Å². The van der Waals surface area contributed by atoms with Gasteiger partial charge in [-0.25, -0.2) is 0 Å². The first-order valence-corrected chi connectivity index (χ1v) is 28.7. The number of aromatic amines is 1. The lowest BCUT2D eigenvalue weighted by atomic mass is 9.83. The number of amides is 9. The van der Waals surface area contributed by atoms with Crippen LogP contribution in [0.1, 0.15) is 142 Å². The summed E-state index contributed by atoms with van der Waals surface area (Å²) in [4.78, 5) is 131.